The van der Waals surface area contributed by atoms with Crippen molar-refractivity contribution in [2.75, 3.05) is 6.61 Å². The standard InChI is InChI=1S/C34H30BrClN4O5/c1-5-44-31-13-21(4)28(17-27(31)20(2)3)33-38-30-12-7-6-11-26(30)34(41)39(33)37-18-23-15-24(36)16-29(35)32(23)45-19-22-9-8-10-25(14-22)40(42)43/h6-18,20H,5,19H2,1-4H3. The minimum Gasteiger partial charge on any atom is -0.494 e. The summed E-state index contributed by atoms with van der Waals surface area (Å²) in [5.41, 5.74) is 3.88. The van der Waals surface area contributed by atoms with Gasteiger partial charge in [0.25, 0.3) is 11.2 Å². The number of benzene rings is 4. The maximum absolute atomic E-state index is 13.9. The quantitative estimate of drug-likeness (QED) is 0.0825. The van der Waals surface area contributed by atoms with Gasteiger partial charge < -0.3 is 9.47 Å². The highest BCUT2D eigenvalue weighted by Crippen LogP contribution is 2.35. The fraction of sp³-hybridized carbons (Fsp3) is 0.206. The lowest BCUT2D eigenvalue weighted by Crippen LogP contribution is -2.21. The predicted octanol–water partition coefficient (Wildman–Crippen LogP) is 8.68. The Kier molecular flexibility index (Phi) is 9.65. The lowest BCUT2D eigenvalue weighted by atomic mass is 9.96. The first-order chi connectivity index (χ1) is 21.6. The summed E-state index contributed by atoms with van der Waals surface area (Å²) in [6.07, 6.45) is 1.49. The van der Waals surface area contributed by atoms with E-state index in [0.717, 1.165) is 22.4 Å². The van der Waals surface area contributed by atoms with Crippen LogP contribution in [0.3, 0.4) is 0 Å². The molecule has 0 aliphatic carbocycles. The van der Waals surface area contributed by atoms with Crippen LogP contribution in [0.15, 0.2) is 87.2 Å². The Balaban J connectivity index is 1.64. The van der Waals surface area contributed by atoms with Gasteiger partial charge >= 0.3 is 0 Å². The van der Waals surface area contributed by atoms with Gasteiger partial charge in [-0.1, -0.05) is 49.7 Å². The highest BCUT2D eigenvalue weighted by atomic mass is 79.9. The molecule has 0 aliphatic rings. The van der Waals surface area contributed by atoms with Gasteiger partial charge in [-0.2, -0.15) is 9.78 Å². The van der Waals surface area contributed by atoms with E-state index in [9.17, 15) is 14.9 Å². The summed E-state index contributed by atoms with van der Waals surface area (Å²) in [4.78, 5) is 29.6. The lowest BCUT2D eigenvalue weighted by Gasteiger charge is -2.18. The van der Waals surface area contributed by atoms with Crippen LogP contribution in [0.2, 0.25) is 5.02 Å². The van der Waals surface area contributed by atoms with Crippen LogP contribution in [0.25, 0.3) is 22.3 Å². The summed E-state index contributed by atoms with van der Waals surface area (Å²) in [5.74, 6) is 1.72. The van der Waals surface area contributed by atoms with E-state index in [2.05, 4.69) is 34.9 Å². The SMILES string of the molecule is CCOc1cc(C)c(-c2nc3ccccc3c(=O)n2N=Cc2cc(Cl)cc(Br)c2OCc2cccc([N+](=O)[O-])c2)cc1C(C)C. The molecule has 0 saturated carbocycles. The largest absolute Gasteiger partial charge is 0.494 e. The molecule has 1 heterocycles. The molecular weight excluding hydrogens is 660 g/mol. The van der Waals surface area contributed by atoms with Crippen LogP contribution in [0.5, 0.6) is 11.5 Å². The minimum absolute atomic E-state index is 0.0334. The van der Waals surface area contributed by atoms with Crippen molar-refractivity contribution in [2.24, 2.45) is 5.10 Å². The molecule has 0 saturated heterocycles. The number of nitro groups is 1. The van der Waals surface area contributed by atoms with E-state index in [0.29, 0.717) is 49.7 Å². The van der Waals surface area contributed by atoms with Crippen molar-refractivity contribution in [1.82, 2.24) is 9.66 Å². The second-order valence-corrected chi connectivity index (χ2v) is 11.9. The monoisotopic (exact) mass is 688 g/mol. The van der Waals surface area contributed by atoms with E-state index in [-0.39, 0.29) is 23.8 Å². The normalized spacial score (nSPS) is 11.4. The van der Waals surface area contributed by atoms with Crippen molar-refractivity contribution < 1.29 is 14.4 Å². The number of non-ortho nitro benzene ring substituents is 1. The van der Waals surface area contributed by atoms with E-state index in [4.69, 9.17) is 26.1 Å². The minimum atomic E-state index is -0.455. The van der Waals surface area contributed by atoms with Gasteiger partial charge in [-0.15, -0.1) is 0 Å². The first-order valence-corrected chi connectivity index (χ1v) is 15.4. The summed E-state index contributed by atoms with van der Waals surface area (Å²) in [5, 5.41) is 16.7. The highest BCUT2D eigenvalue weighted by Gasteiger charge is 2.19. The van der Waals surface area contributed by atoms with E-state index in [1.54, 1.807) is 42.5 Å². The number of nitro benzene ring substituents is 1. The van der Waals surface area contributed by atoms with Gasteiger partial charge in [-0.05, 0) is 88.8 Å². The van der Waals surface area contributed by atoms with Crippen LogP contribution in [0, 0.1) is 17.0 Å². The third-order valence-corrected chi connectivity index (χ3v) is 7.93. The van der Waals surface area contributed by atoms with E-state index < -0.39 is 4.92 Å². The molecule has 0 N–H and O–H groups in total. The second kappa shape index (κ2) is 13.6. The van der Waals surface area contributed by atoms with Gasteiger partial charge in [0.2, 0.25) is 0 Å². The summed E-state index contributed by atoms with van der Waals surface area (Å²) in [6.45, 7) is 8.65. The molecule has 4 aromatic carbocycles. The van der Waals surface area contributed by atoms with E-state index >= 15 is 0 Å². The van der Waals surface area contributed by atoms with Crippen LogP contribution in [-0.4, -0.2) is 27.4 Å². The van der Waals surface area contributed by atoms with Crippen molar-refractivity contribution >= 4 is 50.3 Å². The van der Waals surface area contributed by atoms with Crippen LogP contribution in [0.1, 0.15) is 48.9 Å². The van der Waals surface area contributed by atoms with E-state index in [1.165, 1.54) is 23.0 Å². The molecule has 1 aromatic heterocycles. The number of ether oxygens (including phenoxy) is 2. The number of aromatic nitrogens is 2. The van der Waals surface area contributed by atoms with Gasteiger partial charge in [-0.25, -0.2) is 4.98 Å². The van der Waals surface area contributed by atoms with Gasteiger partial charge in [0.15, 0.2) is 5.82 Å². The number of para-hydroxylation sites is 1. The molecule has 0 radical (unpaired) electrons. The Bertz CT molecular complexity index is 2010. The van der Waals surface area contributed by atoms with Crippen molar-refractivity contribution in [1.29, 1.82) is 0 Å². The number of aryl methyl sites for hydroxylation is 1. The molecule has 0 unspecified atom stereocenters. The molecule has 0 fully saturated rings. The maximum atomic E-state index is 13.9. The van der Waals surface area contributed by atoms with Gasteiger partial charge in [0.1, 0.15) is 18.1 Å². The van der Waals surface area contributed by atoms with Crippen molar-refractivity contribution in [2.45, 2.75) is 40.2 Å². The van der Waals surface area contributed by atoms with Crippen LogP contribution >= 0.6 is 27.5 Å². The zero-order valence-corrected chi connectivity index (χ0v) is 27.4. The van der Waals surface area contributed by atoms with E-state index in [1.807, 2.05) is 32.0 Å². The maximum Gasteiger partial charge on any atom is 0.282 e. The third-order valence-electron chi connectivity index (χ3n) is 7.13. The van der Waals surface area contributed by atoms with Gasteiger partial charge in [-0.3, -0.25) is 14.9 Å². The topological polar surface area (TPSA) is 109 Å². The van der Waals surface area contributed by atoms with Crippen LogP contribution < -0.4 is 15.0 Å². The molecule has 0 atom stereocenters. The van der Waals surface area contributed by atoms with Gasteiger partial charge in [0, 0.05) is 28.3 Å². The number of nitrogens with zero attached hydrogens (tertiary/aromatic N) is 4. The average molecular weight is 690 g/mol. The second-order valence-electron chi connectivity index (χ2n) is 10.6. The molecule has 0 aliphatic heterocycles. The Morgan fingerprint density at radius 1 is 1.09 bits per heavy atom. The Morgan fingerprint density at radius 3 is 2.60 bits per heavy atom. The summed E-state index contributed by atoms with van der Waals surface area (Å²) >= 11 is 9.92. The van der Waals surface area contributed by atoms with Crippen molar-refractivity contribution in [3.63, 3.8) is 0 Å². The molecule has 5 rings (SSSR count). The molecule has 9 nitrogen and oxygen atoms in total. The Hall–Kier alpha value is -4.54. The first kappa shape index (κ1) is 31.9. The van der Waals surface area contributed by atoms with Crippen LogP contribution in [-0.2, 0) is 6.61 Å². The number of hydrogen-bond acceptors (Lipinski definition) is 7. The smallest absolute Gasteiger partial charge is 0.282 e. The Morgan fingerprint density at radius 2 is 1.87 bits per heavy atom. The summed E-state index contributed by atoms with van der Waals surface area (Å²) < 4.78 is 13.9. The van der Waals surface area contributed by atoms with Gasteiger partial charge in [0.05, 0.1) is 33.1 Å². The zero-order chi connectivity index (χ0) is 32.2. The summed E-state index contributed by atoms with van der Waals surface area (Å²) in [7, 11) is 0. The molecule has 0 bridgehead atoms. The predicted molar refractivity (Wildman–Crippen MR) is 181 cm³/mol. The molecule has 230 valence electrons. The zero-order valence-electron chi connectivity index (χ0n) is 25.1. The van der Waals surface area contributed by atoms with Crippen molar-refractivity contribution in [3.8, 4) is 22.9 Å². The lowest BCUT2D eigenvalue weighted by molar-refractivity contribution is -0.384. The number of hydrogen-bond donors (Lipinski definition) is 0. The average Bonchev–Trinajstić information content (AvgIpc) is 3.00. The first-order valence-electron chi connectivity index (χ1n) is 14.3. The molecule has 0 spiro atoms. The van der Waals surface area contributed by atoms with Crippen LogP contribution in [0.4, 0.5) is 5.69 Å². The molecular formula is C34H30BrClN4O5. The number of rotatable bonds is 10. The molecule has 45 heavy (non-hydrogen) atoms. The summed E-state index contributed by atoms with van der Waals surface area (Å²) in [6, 6.07) is 20.7. The fourth-order valence-electron chi connectivity index (χ4n) is 4.94. The number of halogens is 2. The molecule has 11 heteroatoms. The third kappa shape index (κ3) is 6.92. The Labute approximate surface area is 273 Å². The van der Waals surface area contributed by atoms with Crippen molar-refractivity contribution in [3.05, 3.63) is 125 Å². The molecule has 0 amide bonds. The fourth-order valence-corrected chi connectivity index (χ4v) is 5.89. The number of fused-ring (bicyclic) bond motifs is 1. The molecule has 5 aromatic rings. The highest BCUT2D eigenvalue weighted by molar-refractivity contribution is 9.10.